The highest BCUT2D eigenvalue weighted by Gasteiger charge is 2.17. The Kier molecular flexibility index (Phi) is 7.07. The first-order chi connectivity index (χ1) is 20.4. The van der Waals surface area contributed by atoms with E-state index in [1.54, 1.807) is 14.0 Å². The SMILES string of the molecule is Cc1c(N=c2scc(-c3ccc(-c4ccccc4)cc3)n2N=Cc2ccc([N+](=O)[O-])o2)c(=O)n(-c2ccccc2)n1C. The summed E-state index contributed by atoms with van der Waals surface area (Å²) in [4.78, 5) is 29.3. The zero-order chi connectivity index (χ0) is 29.2. The summed E-state index contributed by atoms with van der Waals surface area (Å²) in [6.07, 6.45) is 1.39. The van der Waals surface area contributed by atoms with Gasteiger partial charge in [-0.1, -0.05) is 72.8 Å². The van der Waals surface area contributed by atoms with E-state index in [1.807, 2.05) is 104 Å². The monoisotopic (exact) mass is 576 g/mol. The number of furan rings is 1. The Morgan fingerprint density at radius 2 is 1.52 bits per heavy atom. The van der Waals surface area contributed by atoms with Crippen LogP contribution >= 0.6 is 11.3 Å². The summed E-state index contributed by atoms with van der Waals surface area (Å²) in [6, 6.07) is 30.2. The van der Waals surface area contributed by atoms with Crippen LogP contribution in [-0.4, -0.2) is 25.2 Å². The summed E-state index contributed by atoms with van der Waals surface area (Å²) in [5.74, 6) is -0.172. The Morgan fingerprint density at radius 3 is 2.19 bits per heavy atom. The van der Waals surface area contributed by atoms with Gasteiger partial charge in [-0.3, -0.25) is 19.6 Å². The van der Waals surface area contributed by atoms with Crippen molar-refractivity contribution in [3.8, 4) is 28.1 Å². The molecule has 0 saturated carbocycles. The molecule has 0 radical (unpaired) electrons. The van der Waals surface area contributed by atoms with Crippen molar-refractivity contribution in [2.75, 3.05) is 0 Å². The molecule has 0 amide bonds. The van der Waals surface area contributed by atoms with Gasteiger partial charge in [-0.05, 0) is 36.2 Å². The number of hydrogen-bond donors (Lipinski definition) is 0. The van der Waals surface area contributed by atoms with Crippen molar-refractivity contribution in [1.82, 2.24) is 14.0 Å². The van der Waals surface area contributed by atoms with Crippen molar-refractivity contribution >= 4 is 29.1 Å². The van der Waals surface area contributed by atoms with Gasteiger partial charge in [-0.15, -0.1) is 11.3 Å². The van der Waals surface area contributed by atoms with Gasteiger partial charge in [0.05, 0.1) is 29.4 Å². The van der Waals surface area contributed by atoms with Crippen molar-refractivity contribution < 1.29 is 9.34 Å². The van der Waals surface area contributed by atoms with Gasteiger partial charge in [0, 0.05) is 18.0 Å². The topological polar surface area (TPSA) is 113 Å². The first kappa shape index (κ1) is 26.7. The molecule has 0 fully saturated rings. The van der Waals surface area contributed by atoms with Crippen LogP contribution in [0.1, 0.15) is 11.5 Å². The van der Waals surface area contributed by atoms with E-state index in [0.717, 1.165) is 28.1 Å². The van der Waals surface area contributed by atoms with E-state index in [2.05, 4.69) is 5.10 Å². The number of benzene rings is 3. The van der Waals surface area contributed by atoms with E-state index < -0.39 is 4.92 Å². The summed E-state index contributed by atoms with van der Waals surface area (Å²) in [5, 5.41) is 17.6. The van der Waals surface area contributed by atoms with Gasteiger partial charge in [0.15, 0.2) is 11.4 Å². The molecule has 3 aromatic heterocycles. The normalized spacial score (nSPS) is 11.9. The minimum Gasteiger partial charge on any atom is -0.400 e. The lowest BCUT2D eigenvalue weighted by Crippen LogP contribution is -2.19. The molecule has 0 aliphatic carbocycles. The second-order valence-electron chi connectivity index (χ2n) is 9.36. The van der Waals surface area contributed by atoms with Gasteiger partial charge in [0.2, 0.25) is 4.80 Å². The van der Waals surface area contributed by atoms with Crippen LogP contribution in [0.25, 0.3) is 28.1 Å². The predicted octanol–water partition coefficient (Wildman–Crippen LogP) is 6.30. The average Bonchev–Trinajstić information content (AvgIpc) is 3.71. The standard InChI is InChI=1S/C31H24N6O4S/c1-21-29(30(38)36(34(21)2)25-11-7-4-8-12-25)33-31-35(32-19-26-17-18-28(41-26)37(39)40)27(20-42-31)24-15-13-23(14-16-24)22-9-5-3-6-10-22/h3-20H,1-2H3. The summed E-state index contributed by atoms with van der Waals surface area (Å²) in [5.41, 5.74) is 5.21. The molecule has 0 aliphatic rings. The highest BCUT2D eigenvalue weighted by molar-refractivity contribution is 7.07. The number of para-hydroxylation sites is 1. The smallest absolute Gasteiger partial charge is 0.400 e. The minimum atomic E-state index is -0.606. The van der Waals surface area contributed by atoms with E-state index in [1.165, 1.54) is 29.7 Å². The predicted molar refractivity (Wildman–Crippen MR) is 163 cm³/mol. The summed E-state index contributed by atoms with van der Waals surface area (Å²) < 4.78 is 10.2. The fraction of sp³-hybridized carbons (Fsp3) is 0.0645. The Balaban J connectivity index is 1.48. The van der Waals surface area contributed by atoms with E-state index in [4.69, 9.17) is 9.41 Å². The molecule has 11 heteroatoms. The van der Waals surface area contributed by atoms with Crippen LogP contribution in [0.5, 0.6) is 0 Å². The van der Waals surface area contributed by atoms with E-state index in [-0.39, 0.29) is 22.9 Å². The molecular weight excluding hydrogens is 552 g/mol. The van der Waals surface area contributed by atoms with Crippen LogP contribution in [-0.2, 0) is 7.05 Å². The number of rotatable bonds is 7. The van der Waals surface area contributed by atoms with Gasteiger partial charge in [0.1, 0.15) is 4.92 Å². The number of hydrogen-bond acceptors (Lipinski definition) is 7. The molecule has 0 aliphatic heterocycles. The molecule has 6 rings (SSSR count). The van der Waals surface area contributed by atoms with E-state index in [0.29, 0.717) is 10.5 Å². The molecule has 42 heavy (non-hydrogen) atoms. The van der Waals surface area contributed by atoms with Gasteiger partial charge >= 0.3 is 5.88 Å². The average molecular weight is 577 g/mol. The maximum absolute atomic E-state index is 13.5. The summed E-state index contributed by atoms with van der Waals surface area (Å²) >= 11 is 1.33. The van der Waals surface area contributed by atoms with E-state index >= 15 is 0 Å². The highest BCUT2D eigenvalue weighted by atomic mass is 32.1. The van der Waals surface area contributed by atoms with Gasteiger partial charge < -0.3 is 4.42 Å². The fourth-order valence-electron chi connectivity index (χ4n) is 4.55. The van der Waals surface area contributed by atoms with Gasteiger partial charge in [-0.25, -0.2) is 14.4 Å². The van der Waals surface area contributed by atoms with Crippen molar-refractivity contribution in [1.29, 1.82) is 0 Å². The second-order valence-corrected chi connectivity index (χ2v) is 10.2. The van der Waals surface area contributed by atoms with Crippen molar-refractivity contribution in [3.05, 3.63) is 139 Å². The van der Waals surface area contributed by atoms with E-state index in [9.17, 15) is 14.9 Å². The van der Waals surface area contributed by atoms with Crippen LogP contribution in [0, 0.1) is 17.0 Å². The third-order valence-corrected chi connectivity index (χ3v) is 7.61. The quantitative estimate of drug-likeness (QED) is 0.126. The fourth-order valence-corrected chi connectivity index (χ4v) is 5.40. The Bertz CT molecular complexity index is 2050. The highest BCUT2D eigenvalue weighted by Crippen LogP contribution is 2.26. The summed E-state index contributed by atoms with van der Waals surface area (Å²) in [6.45, 7) is 1.84. The number of thiazole rings is 1. The van der Waals surface area contributed by atoms with Gasteiger partial charge in [0.25, 0.3) is 5.56 Å². The number of nitrogens with zero attached hydrogens (tertiary/aromatic N) is 6. The lowest BCUT2D eigenvalue weighted by atomic mass is 10.0. The van der Waals surface area contributed by atoms with Crippen molar-refractivity contribution in [2.24, 2.45) is 17.1 Å². The lowest BCUT2D eigenvalue weighted by Gasteiger charge is -2.07. The lowest BCUT2D eigenvalue weighted by molar-refractivity contribution is -0.402. The zero-order valence-corrected chi connectivity index (χ0v) is 23.4. The minimum absolute atomic E-state index is 0.207. The third-order valence-electron chi connectivity index (χ3n) is 6.80. The molecule has 0 unspecified atom stereocenters. The molecule has 6 aromatic rings. The van der Waals surface area contributed by atoms with Crippen LogP contribution < -0.4 is 10.4 Å². The first-order valence-electron chi connectivity index (χ1n) is 12.9. The van der Waals surface area contributed by atoms with Crippen LogP contribution in [0.4, 0.5) is 11.6 Å². The largest absolute Gasteiger partial charge is 0.433 e. The van der Waals surface area contributed by atoms with Crippen LogP contribution in [0.3, 0.4) is 0 Å². The number of nitro groups is 1. The second kappa shape index (κ2) is 11.1. The van der Waals surface area contributed by atoms with Crippen molar-refractivity contribution in [2.45, 2.75) is 6.92 Å². The molecule has 0 saturated heterocycles. The first-order valence-corrected chi connectivity index (χ1v) is 13.8. The van der Waals surface area contributed by atoms with Crippen LogP contribution in [0.2, 0.25) is 0 Å². The summed E-state index contributed by atoms with van der Waals surface area (Å²) in [7, 11) is 1.81. The Morgan fingerprint density at radius 1 is 0.881 bits per heavy atom. The molecule has 0 N–H and O–H groups in total. The molecule has 208 valence electrons. The Hall–Kier alpha value is -5.55. The molecule has 3 heterocycles. The number of aromatic nitrogens is 3. The zero-order valence-electron chi connectivity index (χ0n) is 22.6. The molecule has 10 nitrogen and oxygen atoms in total. The molecular formula is C31H24N6O4S. The Labute approximate surface area is 243 Å². The third kappa shape index (κ3) is 5.04. The van der Waals surface area contributed by atoms with Gasteiger partial charge in [-0.2, -0.15) is 5.10 Å². The maximum atomic E-state index is 13.5. The molecule has 0 bridgehead atoms. The van der Waals surface area contributed by atoms with Crippen molar-refractivity contribution in [3.63, 3.8) is 0 Å². The molecule has 0 spiro atoms. The maximum Gasteiger partial charge on any atom is 0.433 e. The molecule has 3 aromatic carbocycles. The van der Waals surface area contributed by atoms with Crippen LogP contribution in [0.15, 0.2) is 122 Å². The molecule has 0 atom stereocenters.